The molecule has 0 aliphatic carbocycles. The largest absolute Gasteiger partial charge is 0.507 e. The molecule has 2 aromatic rings. The zero-order chi connectivity index (χ0) is 22.5. The van der Waals surface area contributed by atoms with Crippen LogP contribution < -0.4 is 0 Å². The van der Waals surface area contributed by atoms with Gasteiger partial charge in [-0.1, -0.05) is 18.2 Å². The van der Waals surface area contributed by atoms with Crippen LogP contribution in [0, 0.1) is 0 Å². The van der Waals surface area contributed by atoms with E-state index in [1.54, 1.807) is 0 Å². The number of nitrogens with zero attached hydrogens (tertiary/aromatic N) is 2. The first-order valence-corrected chi connectivity index (χ1v) is 12.0. The molecule has 4 nitrogen and oxygen atoms in total. The molecular formula is C28H36N2O2. The first kappa shape index (κ1) is 22.6. The maximum Gasteiger partial charge on any atom is 0.127 e. The van der Waals surface area contributed by atoms with Gasteiger partial charge in [-0.15, -0.1) is 13.2 Å². The minimum atomic E-state index is 0.354. The molecule has 2 aromatic carbocycles. The van der Waals surface area contributed by atoms with Crippen molar-refractivity contribution in [2.24, 2.45) is 0 Å². The van der Waals surface area contributed by atoms with Crippen LogP contribution in [0.1, 0.15) is 47.9 Å². The monoisotopic (exact) mass is 432 g/mol. The van der Waals surface area contributed by atoms with E-state index in [2.05, 4.69) is 41.2 Å². The zero-order valence-electron chi connectivity index (χ0n) is 19.2. The molecule has 2 aliphatic rings. The molecule has 0 bridgehead atoms. The molecule has 32 heavy (non-hydrogen) atoms. The van der Waals surface area contributed by atoms with E-state index in [-0.39, 0.29) is 0 Å². The van der Waals surface area contributed by atoms with Crippen molar-refractivity contribution in [1.82, 2.24) is 9.80 Å². The molecule has 0 saturated carbocycles. The second kappa shape index (κ2) is 10.4. The van der Waals surface area contributed by atoms with Gasteiger partial charge in [0.1, 0.15) is 11.5 Å². The highest BCUT2D eigenvalue weighted by molar-refractivity contribution is 5.75. The van der Waals surface area contributed by atoms with Gasteiger partial charge in [0.2, 0.25) is 0 Å². The quantitative estimate of drug-likeness (QED) is 0.520. The van der Waals surface area contributed by atoms with E-state index < -0.39 is 0 Å². The van der Waals surface area contributed by atoms with E-state index in [1.807, 2.05) is 18.2 Å². The first-order chi connectivity index (χ1) is 15.6. The van der Waals surface area contributed by atoms with Crippen LogP contribution in [0.5, 0.6) is 11.5 Å². The number of rotatable bonds is 9. The van der Waals surface area contributed by atoms with Crippen molar-refractivity contribution >= 4 is 0 Å². The van der Waals surface area contributed by atoms with E-state index in [9.17, 15) is 10.2 Å². The van der Waals surface area contributed by atoms with Crippen molar-refractivity contribution in [2.75, 3.05) is 26.2 Å². The van der Waals surface area contributed by atoms with Gasteiger partial charge in [0.05, 0.1) is 0 Å². The third kappa shape index (κ3) is 5.08. The average Bonchev–Trinajstić information content (AvgIpc) is 3.48. The average molecular weight is 433 g/mol. The molecular weight excluding hydrogens is 396 g/mol. The van der Waals surface area contributed by atoms with Crippen LogP contribution in [0.4, 0.5) is 0 Å². The molecule has 4 rings (SSSR count). The zero-order valence-corrected chi connectivity index (χ0v) is 19.2. The number of allylic oxidation sites excluding steroid dienone is 2. The van der Waals surface area contributed by atoms with Gasteiger partial charge < -0.3 is 10.2 Å². The predicted octanol–water partition coefficient (Wildman–Crippen LogP) is 5.41. The molecule has 0 radical (unpaired) electrons. The Kier molecular flexibility index (Phi) is 7.33. The molecule has 2 saturated heterocycles. The number of benzene rings is 2. The van der Waals surface area contributed by atoms with Gasteiger partial charge in [0.25, 0.3) is 0 Å². The topological polar surface area (TPSA) is 46.9 Å². The van der Waals surface area contributed by atoms with Gasteiger partial charge in [-0.05, 0) is 99.6 Å². The van der Waals surface area contributed by atoms with Crippen molar-refractivity contribution in [3.05, 3.63) is 71.8 Å². The summed E-state index contributed by atoms with van der Waals surface area (Å²) >= 11 is 0. The van der Waals surface area contributed by atoms with Gasteiger partial charge in [-0.3, -0.25) is 9.80 Å². The summed E-state index contributed by atoms with van der Waals surface area (Å²) < 4.78 is 0. The summed E-state index contributed by atoms with van der Waals surface area (Å²) in [5, 5.41) is 22.3. The summed E-state index contributed by atoms with van der Waals surface area (Å²) in [5.41, 5.74) is 5.71. The Labute approximate surface area is 192 Å². The minimum Gasteiger partial charge on any atom is -0.507 e. The Balaban J connectivity index is 1.77. The number of phenolic OH excluding ortho intramolecular Hbond substituents is 2. The molecule has 0 unspecified atom stereocenters. The van der Waals surface area contributed by atoms with Crippen molar-refractivity contribution < 1.29 is 10.2 Å². The Morgan fingerprint density at radius 1 is 0.688 bits per heavy atom. The van der Waals surface area contributed by atoms with E-state index in [0.29, 0.717) is 17.9 Å². The van der Waals surface area contributed by atoms with Crippen LogP contribution in [0.15, 0.2) is 49.6 Å². The van der Waals surface area contributed by atoms with Crippen molar-refractivity contribution in [1.29, 1.82) is 0 Å². The highest BCUT2D eigenvalue weighted by atomic mass is 16.3. The molecule has 0 spiro atoms. The fourth-order valence-corrected chi connectivity index (χ4v) is 5.10. The summed E-state index contributed by atoms with van der Waals surface area (Å²) in [6.45, 7) is 13.6. The number of phenols is 2. The van der Waals surface area contributed by atoms with Gasteiger partial charge in [0.15, 0.2) is 0 Å². The summed E-state index contributed by atoms with van der Waals surface area (Å²) in [7, 11) is 0. The van der Waals surface area contributed by atoms with Gasteiger partial charge in [-0.25, -0.2) is 0 Å². The highest BCUT2D eigenvalue weighted by Crippen LogP contribution is 2.39. The first-order valence-electron chi connectivity index (χ1n) is 12.0. The van der Waals surface area contributed by atoms with Crippen LogP contribution in [0.3, 0.4) is 0 Å². The Morgan fingerprint density at radius 3 is 1.78 bits per heavy atom. The summed E-state index contributed by atoms with van der Waals surface area (Å²) in [6.07, 6.45) is 9.97. The van der Waals surface area contributed by atoms with Crippen LogP contribution in [0.2, 0.25) is 0 Å². The van der Waals surface area contributed by atoms with Crippen molar-refractivity contribution in [3.63, 3.8) is 0 Å². The Bertz CT molecular complexity index is 970. The third-order valence-corrected chi connectivity index (χ3v) is 6.76. The lowest BCUT2D eigenvalue weighted by atomic mass is 9.92. The molecule has 4 heteroatoms. The second-order valence-electron chi connectivity index (χ2n) is 9.25. The standard InChI is InChI=1S/C28H36N2O2/c1-3-9-21-15-24(19-29-11-5-6-12-29)28(32)26(16-21)23-17-22(10-4-2)27(31)25(18-23)20-30-13-7-8-14-30/h3-4,15-18,31-32H,1-2,5-14,19-20H2. The van der Waals surface area contributed by atoms with Crippen molar-refractivity contribution in [3.8, 4) is 22.6 Å². The van der Waals surface area contributed by atoms with Crippen LogP contribution >= 0.6 is 0 Å². The summed E-state index contributed by atoms with van der Waals surface area (Å²) in [4.78, 5) is 4.80. The fourth-order valence-electron chi connectivity index (χ4n) is 5.10. The number of aromatic hydroxyl groups is 2. The predicted molar refractivity (Wildman–Crippen MR) is 132 cm³/mol. The minimum absolute atomic E-state index is 0.354. The van der Waals surface area contributed by atoms with Crippen molar-refractivity contribution in [2.45, 2.75) is 51.6 Å². The maximum atomic E-state index is 11.3. The molecule has 2 aliphatic heterocycles. The molecule has 2 heterocycles. The Morgan fingerprint density at radius 2 is 1.22 bits per heavy atom. The summed E-state index contributed by atoms with van der Waals surface area (Å²) in [5.74, 6) is 0.714. The SMILES string of the molecule is C=CCc1cc(CN2CCCC2)c(O)c(-c2cc(CC=C)c(O)c(CN3CCCC3)c2)c1. The smallest absolute Gasteiger partial charge is 0.127 e. The lowest BCUT2D eigenvalue weighted by molar-refractivity contribution is 0.323. The van der Waals surface area contributed by atoms with Crippen LogP contribution in [-0.4, -0.2) is 46.2 Å². The molecule has 0 amide bonds. The molecule has 2 N–H and O–H groups in total. The van der Waals surface area contributed by atoms with E-state index >= 15 is 0 Å². The van der Waals surface area contributed by atoms with E-state index in [0.717, 1.165) is 79.1 Å². The van der Waals surface area contributed by atoms with Crippen LogP contribution in [-0.2, 0) is 25.9 Å². The van der Waals surface area contributed by atoms with Crippen LogP contribution in [0.25, 0.3) is 11.1 Å². The molecule has 0 aromatic heterocycles. The van der Waals surface area contributed by atoms with E-state index in [1.165, 1.54) is 25.7 Å². The summed E-state index contributed by atoms with van der Waals surface area (Å²) in [6, 6.07) is 8.27. The molecule has 0 atom stereocenters. The number of hydrogen-bond acceptors (Lipinski definition) is 4. The molecule has 170 valence electrons. The second-order valence-corrected chi connectivity index (χ2v) is 9.25. The normalized spacial score (nSPS) is 17.1. The number of likely N-dealkylation sites (tertiary alicyclic amines) is 2. The van der Waals surface area contributed by atoms with Gasteiger partial charge in [0, 0.05) is 29.8 Å². The third-order valence-electron chi connectivity index (χ3n) is 6.76. The maximum absolute atomic E-state index is 11.3. The Hall–Kier alpha value is -2.56. The lowest BCUT2D eigenvalue weighted by Gasteiger charge is -2.21. The number of hydrogen-bond donors (Lipinski definition) is 2. The highest BCUT2D eigenvalue weighted by Gasteiger charge is 2.20. The van der Waals surface area contributed by atoms with E-state index in [4.69, 9.17) is 0 Å². The fraction of sp³-hybridized carbons (Fsp3) is 0.429. The molecule has 2 fully saturated rings. The van der Waals surface area contributed by atoms with Gasteiger partial charge in [-0.2, -0.15) is 0 Å². The lowest BCUT2D eigenvalue weighted by Crippen LogP contribution is -2.19. The van der Waals surface area contributed by atoms with Gasteiger partial charge >= 0.3 is 0 Å².